The molecular formula is C22H40BN3O3. The highest BCUT2D eigenvalue weighted by Gasteiger charge is 2.47. The number of nitrogens with one attached hydrogen (secondary N) is 1. The second-order valence-electron chi connectivity index (χ2n) is 10.3. The van der Waals surface area contributed by atoms with Gasteiger partial charge >= 0.3 is 7.12 Å². The number of fused-ring (bicyclic) bond motifs is 1. The number of piperidine rings is 2. The first-order valence-corrected chi connectivity index (χ1v) is 12.1. The van der Waals surface area contributed by atoms with Gasteiger partial charge in [-0.3, -0.25) is 4.79 Å². The summed E-state index contributed by atoms with van der Waals surface area (Å²) >= 11 is 0. The highest BCUT2D eigenvalue weighted by atomic mass is 16.4. The minimum atomic E-state index is -1.26. The van der Waals surface area contributed by atoms with Crippen molar-refractivity contribution in [1.82, 2.24) is 10.2 Å². The number of amides is 1. The fraction of sp³-hybridized carbons (Fsp3) is 0.955. The van der Waals surface area contributed by atoms with E-state index in [4.69, 9.17) is 5.73 Å². The summed E-state index contributed by atoms with van der Waals surface area (Å²) in [5, 5.41) is 23.0. The van der Waals surface area contributed by atoms with E-state index in [1.54, 1.807) is 0 Å². The summed E-state index contributed by atoms with van der Waals surface area (Å²) < 4.78 is 0. The molecular weight excluding hydrogens is 365 g/mol. The summed E-state index contributed by atoms with van der Waals surface area (Å²) in [6, 6.07) is 0. The number of hydrogen-bond donors (Lipinski definition) is 4. The molecule has 2 aliphatic heterocycles. The Morgan fingerprint density at radius 2 is 1.72 bits per heavy atom. The van der Waals surface area contributed by atoms with Crippen LogP contribution < -0.4 is 11.1 Å². The Kier molecular flexibility index (Phi) is 7.20. The first-order chi connectivity index (χ1) is 14.1. The fourth-order valence-corrected chi connectivity index (χ4v) is 7.14. The molecule has 2 heterocycles. The summed E-state index contributed by atoms with van der Waals surface area (Å²) in [7, 11) is -1.26. The quantitative estimate of drug-likeness (QED) is 0.531. The van der Waals surface area contributed by atoms with Gasteiger partial charge in [-0.1, -0.05) is 25.7 Å². The Bertz CT molecular complexity index is 555. The molecule has 2 aliphatic carbocycles. The van der Waals surface area contributed by atoms with Gasteiger partial charge in [0, 0.05) is 19.6 Å². The van der Waals surface area contributed by atoms with Crippen molar-refractivity contribution in [2.75, 3.05) is 32.7 Å². The lowest BCUT2D eigenvalue weighted by Crippen LogP contribution is -2.55. The number of carbonyl (C=O) groups is 1. The summed E-state index contributed by atoms with van der Waals surface area (Å²) in [5.74, 6) is 2.99. The monoisotopic (exact) mass is 405 g/mol. The molecule has 0 radical (unpaired) electrons. The zero-order valence-corrected chi connectivity index (χ0v) is 17.8. The van der Waals surface area contributed by atoms with Crippen LogP contribution in [0.15, 0.2) is 0 Å². The summed E-state index contributed by atoms with van der Waals surface area (Å²) in [5.41, 5.74) is 5.93. The summed E-state index contributed by atoms with van der Waals surface area (Å²) in [6.07, 6.45) is 10.4. The van der Waals surface area contributed by atoms with E-state index < -0.39 is 7.12 Å². The van der Waals surface area contributed by atoms with E-state index in [2.05, 4.69) is 10.2 Å². The van der Waals surface area contributed by atoms with Gasteiger partial charge in [-0.05, 0) is 80.6 Å². The van der Waals surface area contributed by atoms with Gasteiger partial charge in [-0.15, -0.1) is 0 Å². The van der Waals surface area contributed by atoms with Gasteiger partial charge in [0.1, 0.15) is 0 Å². The van der Waals surface area contributed by atoms with Crippen LogP contribution in [0.4, 0.5) is 0 Å². The van der Waals surface area contributed by atoms with Crippen LogP contribution >= 0.6 is 0 Å². The molecule has 164 valence electrons. The van der Waals surface area contributed by atoms with E-state index in [1.165, 1.54) is 25.7 Å². The van der Waals surface area contributed by atoms with Crippen molar-refractivity contribution < 1.29 is 14.8 Å². The predicted octanol–water partition coefficient (Wildman–Crippen LogP) is 1.47. The Hall–Kier alpha value is -0.625. The molecule has 2 saturated heterocycles. The summed E-state index contributed by atoms with van der Waals surface area (Å²) in [4.78, 5) is 15.5. The lowest BCUT2D eigenvalue weighted by molar-refractivity contribution is -0.141. The third kappa shape index (κ3) is 4.68. The van der Waals surface area contributed by atoms with Gasteiger partial charge in [-0.2, -0.15) is 0 Å². The number of hydrogen-bond acceptors (Lipinski definition) is 5. The standard InChI is InChI=1S/C22H40BN3O3/c24-12-15-3-1-4-17(11-15)16-7-9-26(10-8-16)22(27)20-14-25-13-19-18(20)5-2-6-21(19)23(28)29/h15-21,25,28-29H,1-14,24H2. The largest absolute Gasteiger partial charge is 0.455 e. The molecule has 7 heteroatoms. The maximum atomic E-state index is 13.4. The lowest BCUT2D eigenvalue weighted by atomic mass is 9.53. The Morgan fingerprint density at radius 1 is 0.966 bits per heavy atom. The van der Waals surface area contributed by atoms with Gasteiger partial charge < -0.3 is 26.0 Å². The number of rotatable bonds is 4. The predicted molar refractivity (Wildman–Crippen MR) is 115 cm³/mol. The van der Waals surface area contributed by atoms with E-state index in [9.17, 15) is 14.8 Å². The molecule has 0 aromatic heterocycles. The number of likely N-dealkylation sites (tertiary alicyclic amines) is 1. The van der Waals surface area contributed by atoms with Gasteiger partial charge in [0.15, 0.2) is 0 Å². The number of nitrogens with two attached hydrogens (primary N) is 1. The van der Waals surface area contributed by atoms with Crippen molar-refractivity contribution in [2.45, 2.75) is 63.6 Å². The van der Waals surface area contributed by atoms with Crippen LogP contribution in [0, 0.1) is 35.5 Å². The minimum absolute atomic E-state index is 0.00292. The molecule has 6 nitrogen and oxygen atoms in total. The van der Waals surface area contributed by atoms with Crippen LogP contribution in [-0.4, -0.2) is 60.7 Å². The van der Waals surface area contributed by atoms with Gasteiger partial charge in [0.05, 0.1) is 5.92 Å². The second-order valence-corrected chi connectivity index (χ2v) is 10.3. The Labute approximate surface area is 176 Å². The normalized spacial score (nSPS) is 39.1. The van der Waals surface area contributed by atoms with Crippen molar-refractivity contribution in [2.24, 2.45) is 41.2 Å². The molecule has 6 atom stereocenters. The molecule has 1 amide bonds. The minimum Gasteiger partial charge on any atom is -0.427 e. The van der Waals surface area contributed by atoms with Gasteiger partial charge in [-0.25, -0.2) is 0 Å². The molecule has 4 aliphatic rings. The molecule has 29 heavy (non-hydrogen) atoms. The number of nitrogens with zero attached hydrogens (tertiary/aromatic N) is 1. The first-order valence-electron chi connectivity index (χ1n) is 12.1. The van der Waals surface area contributed by atoms with Crippen LogP contribution in [0.25, 0.3) is 0 Å². The lowest BCUT2D eigenvalue weighted by Gasteiger charge is -2.47. The zero-order valence-electron chi connectivity index (χ0n) is 17.8. The van der Waals surface area contributed by atoms with E-state index in [0.29, 0.717) is 17.7 Å². The van der Waals surface area contributed by atoms with E-state index in [-0.39, 0.29) is 17.7 Å². The smallest absolute Gasteiger partial charge is 0.427 e. The Morgan fingerprint density at radius 3 is 2.45 bits per heavy atom. The molecule has 0 aromatic carbocycles. The highest BCUT2D eigenvalue weighted by Crippen LogP contribution is 2.45. The second kappa shape index (κ2) is 9.67. The first kappa shape index (κ1) is 21.6. The van der Waals surface area contributed by atoms with E-state index >= 15 is 0 Å². The molecule has 0 bridgehead atoms. The van der Waals surface area contributed by atoms with Crippen LogP contribution in [0.1, 0.15) is 57.8 Å². The number of carbonyl (C=O) groups excluding carboxylic acids is 1. The Balaban J connectivity index is 1.33. The van der Waals surface area contributed by atoms with Crippen molar-refractivity contribution in [3.05, 3.63) is 0 Å². The van der Waals surface area contributed by atoms with E-state index in [0.717, 1.165) is 76.7 Å². The fourth-order valence-electron chi connectivity index (χ4n) is 7.14. The molecule has 2 saturated carbocycles. The van der Waals surface area contributed by atoms with Crippen molar-refractivity contribution >= 4 is 13.0 Å². The molecule has 0 aromatic rings. The van der Waals surface area contributed by atoms with Crippen LogP contribution in [0.2, 0.25) is 5.82 Å². The van der Waals surface area contributed by atoms with Crippen LogP contribution in [0.3, 0.4) is 0 Å². The van der Waals surface area contributed by atoms with E-state index in [1.807, 2.05) is 0 Å². The molecule has 0 spiro atoms. The molecule has 5 N–H and O–H groups in total. The third-order valence-electron chi connectivity index (χ3n) is 8.81. The topological polar surface area (TPSA) is 98.8 Å². The maximum absolute atomic E-state index is 13.4. The van der Waals surface area contributed by atoms with Crippen LogP contribution in [-0.2, 0) is 4.79 Å². The molecule has 4 rings (SSSR count). The average molecular weight is 405 g/mol. The van der Waals surface area contributed by atoms with Gasteiger partial charge in [0.25, 0.3) is 0 Å². The highest BCUT2D eigenvalue weighted by molar-refractivity contribution is 6.43. The zero-order chi connectivity index (χ0) is 20.4. The SMILES string of the molecule is NCC1CCCC(C2CCN(C(=O)C3CNCC4C(B(O)O)CCCC34)CC2)C1. The molecule has 4 fully saturated rings. The van der Waals surface area contributed by atoms with Crippen molar-refractivity contribution in [1.29, 1.82) is 0 Å². The van der Waals surface area contributed by atoms with Crippen molar-refractivity contribution in [3.8, 4) is 0 Å². The summed E-state index contributed by atoms with van der Waals surface area (Å²) in [6.45, 7) is 4.17. The average Bonchev–Trinajstić information content (AvgIpc) is 2.77. The molecule has 6 unspecified atom stereocenters. The van der Waals surface area contributed by atoms with Crippen LogP contribution in [0.5, 0.6) is 0 Å². The third-order valence-corrected chi connectivity index (χ3v) is 8.81. The van der Waals surface area contributed by atoms with Gasteiger partial charge in [0.2, 0.25) is 5.91 Å². The van der Waals surface area contributed by atoms with Crippen molar-refractivity contribution in [3.63, 3.8) is 0 Å². The maximum Gasteiger partial charge on any atom is 0.455 e.